The first-order chi connectivity index (χ1) is 63.4. The maximum absolute atomic E-state index is 11.8. The van der Waals surface area contributed by atoms with Gasteiger partial charge in [0.05, 0.1) is 97.8 Å². The van der Waals surface area contributed by atoms with Gasteiger partial charge in [0.15, 0.2) is 17.2 Å². The molecule has 1 amide bonds. The molecule has 0 saturated heterocycles. The van der Waals surface area contributed by atoms with Crippen molar-refractivity contribution in [2.45, 2.75) is 161 Å². The van der Waals surface area contributed by atoms with Crippen LogP contribution in [0.4, 0.5) is 0 Å². The fraction of sp³-hybridized carbons (Fsp3) is 0.356. The number of esters is 2. The summed E-state index contributed by atoms with van der Waals surface area (Å²) < 4.78 is 40.3. The van der Waals surface area contributed by atoms with Gasteiger partial charge in [-0.1, -0.05) is 106 Å². The van der Waals surface area contributed by atoms with Gasteiger partial charge in [-0.2, -0.15) is 5.75 Å². The monoisotopic (exact) mass is 1870 g/mol. The van der Waals surface area contributed by atoms with Crippen LogP contribution in [0.1, 0.15) is 191 Å². The van der Waals surface area contributed by atoms with Crippen LogP contribution in [0.25, 0.3) is 30.3 Å². The summed E-state index contributed by atoms with van der Waals surface area (Å²) in [5, 5.41) is 69.8. The van der Waals surface area contributed by atoms with Gasteiger partial charge >= 0.3 is 47.5 Å². The molecule has 23 nitrogen and oxygen atoms in total. The van der Waals surface area contributed by atoms with Crippen LogP contribution in [0, 0.1) is 0 Å². The fourth-order valence-electron chi connectivity index (χ4n) is 15.7. The number of hydrogen-bond acceptors (Lipinski definition) is 25. The Hall–Kier alpha value is -10.5. The van der Waals surface area contributed by atoms with Gasteiger partial charge in [-0.15, -0.1) is 34.0 Å². The smallest absolute Gasteiger partial charge is 0.793 e. The molecule has 7 aromatic carbocycles. The van der Waals surface area contributed by atoms with E-state index in [1.807, 2.05) is 134 Å². The molecular weight excluding hydrogens is 1760 g/mol. The van der Waals surface area contributed by atoms with Gasteiger partial charge in [0, 0.05) is 63.5 Å². The Morgan fingerprint density at radius 1 is 0.379 bits per heavy atom. The van der Waals surface area contributed by atoms with Gasteiger partial charge in [-0.3, -0.25) is 24.5 Å². The first kappa shape index (κ1) is 102. The number of aliphatic hydroxyl groups is 4. The fourth-order valence-corrected chi connectivity index (χ4v) is 18.6. The van der Waals surface area contributed by atoms with E-state index in [2.05, 4.69) is 64.6 Å². The summed E-state index contributed by atoms with van der Waals surface area (Å²) in [6.07, 6.45) is 27.7. The predicted molar refractivity (Wildman–Crippen MR) is 518 cm³/mol. The van der Waals surface area contributed by atoms with E-state index in [-0.39, 0.29) is 101 Å². The molecule has 132 heavy (non-hydrogen) atoms. The Bertz CT molecular complexity index is 5520. The SMILES string of the molecule is CCC1(c2ccc(O)cc2)CC1.CCC1(c2ccc(Oc3cncc4sc(C(=O)OC)cc34)cc2)CC1.CC[S-].CN.CNC(=O)c1cc2c(Oc3ccc(C4(CO)CC4)cc3)cncc2s1.COC(=O)c1cc2c(Oc3ccc(C4(CO)CC4)cc3)cncc2s1.COc1ccc(C2(C(=O)O)CC2)cc1.COc1ccc(C2(CO)CC2)cc1.OCC1(c2ccc(O)cc2)CC1.[Na+]. The summed E-state index contributed by atoms with van der Waals surface area (Å²) in [6.45, 7) is 7.28. The molecule has 7 saturated carbocycles. The number of carboxylic acid groups (broad SMARTS) is 1. The molecule has 0 aliphatic heterocycles. The number of rotatable bonds is 25. The number of hydrogen-bond donors (Lipinski definition) is 9. The van der Waals surface area contributed by atoms with Crippen molar-refractivity contribution < 1.29 is 118 Å². The number of carbonyl (C=O) groups excluding carboxylic acids is 3. The van der Waals surface area contributed by atoms with Crippen LogP contribution in [0.15, 0.2) is 225 Å². The second-order valence-corrected chi connectivity index (χ2v) is 37.5. The number of carboxylic acids is 1. The maximum atomic E-state index is 11.8. The number of benzene rings is 7. The molecule has 6 aromatic heterocycles. The third kappa shape index (κ3) is 24.7. The third-order valence-corrected chi connectivity index (χ3v) is 28.9. The Morgan fingerprint density at radius 3 is 0.848 bits per heavy atom. The largest absolute Gasteiger partial charge is 1.00 e. The number of aliphatic hydroxyl groups excluding tert-OH is 4. The average molecular weight is 1880 g/mol. The first-order valence-corrected chi connectivity index (χ1v) is 47.0. The number of amides is 1. The van der Waals surface area contributed by atoms with Crippen molar-refractivity contribution in [3.05, 3.63) is 279 Å². The van der Waals surface area contributed by atoms with Crippen LogP contribution in [0.2, 0.25) is 0 Å². The number of aliphatic carboxylic acids is 1. The van der Waals surface area contributed by atoms with E-state index in [0.29, 0.717) is 60.0 Å². The van der Waals surface area contributed by atoms with Crippen LogP contribution in [-0.4, -0.2) is 149 Å². The number of carbonyl (C=O) groups is 4. The van der Waals surface area contributed by atoms with Crippen molar-refractivity contribution >= 4 is 101 Å². The Morgan fingerprint density at radius 2 is 0.621 bits per heavy atom. The second-order valence-electron chi connectivity index (χ2n) is 33.7. The number of ether oxygens (including phenoxy) is 7. The summed E-state index contributed by atoms with van der Waals surface area (Å²) in [7, 11) is 9.12. The summed E-state index contributed by atoms with van der Waals surface area (Å²) in [5.41, 5.74) is 13.1. The number of pyridine rings is 3. The molecule has 0 radical (unpaired) electrons. The van der Waals surface area contributed by atoms with Gasteiger partial charge in [-0.05, 0) is 263 Å². The minimum Gasteiger partial charge on any atom is -0.793 e. The van der Waals surface area contributed by atoms with E-state index in [4.69, 9.17) is 53.6 Å². The van der Waals surface area contributed by atoms with Crippen LogP contribution < -0.4 is 64.3 Å². The van der Waals surface area contributed by atoms with Crippen molar-refractivity contribution in [1.29, 1.82) is 0 Å². The Balaban J connectivity index is 0.000000150. The van der Waals surface area contributed by atoms with E-state index >= 15 is 0 Å². The molecule has 690 valence electrons. The molecule has 0 atom stereocenters. The molecule has 0 spiro atoms. The number of aromatic hydroxyl groups is 2. The summed E-state index contributed by atoms with van der Waals surface area (Å²) in [6, 6.07) is 59.4. The van der Waals surface area contributed by atoms with Crippen molar-refractivity contribution in [3.8, 4) is 57.5 Å². The summed E-state index contributed by atoms with van der Waals surface area (Å²) in [5.74, 6) is 5.62. The topological polar surface area (TPSA) is 351 Å². The molecule has 7 aliphatic carbocycles. The number of fused-ring (bicyclic) bond motifs is 3. The molecule has 6 heterocycles. The zero-order valence-corrected chi connectivity index (χ0v) is 81.7. The normalized spacial score (nSPS) is 15.9. The van der Waals surface area contributed by atoms with Gasteiger partial charge in [0.25, 0.3) is 5.91 Å². The molecule has 0 unspecified atom stereocenters. The maximum Gasteiger partial charge on any atom is 1.00 e. The summed E-state index contributed by atoms with van der Waals surface area (Å²) in [4.78, 5) is 60.6. The molecule has 7 aliphatic rings. The number of thiophene rings is 3. The number of nitrogens with zero attached hydrogens (tertiary/aromatic N) is 3. The molecule has 28 heteroatoms. The standard InChI is InChI=1S/C20H19NO3S.C19H18N2O3S.C19H17NO4S.C11H12O3.C11H14O2.C11H14O.C10H12O2.C2H6S.CH5N.Na/c1-3-20(8-9-20)13-4-6-14(7-5-13)24-16-11-21-12-18-15(16)10-17(25-18)19(22)23-2;1-20-18(23)16-8-14-15(9-21-10-17(14)25-16)24-13-4-2-12(3-5-13)19(11-22)6-7-19;1-23-18(22)16-8-14-15(9-20-10-17(14)25-16)24-13-4-2-12(3-5-13)19(11-21)6-7-19;1-14-9-4-2-8(3-5-9)11(6-7-11)10(12)13;1-13-10-4-2-9(3-5-10)11(8-12)6-7-11;1-2-11(7-8-11)9-3-5-10(12)6-4-9;11-7-10(5-6-10)8-1-3-9(12)4-2-8;1-2-3;1-2;/h4-7,10-12H,3,8-9H2,1-2H3;2-5,8-10,22H,6-7,11H2,1H3,(H,20,23);2-5,8-10,21H,6-7,11H2,1H3;2-5H,6-7H2,1H3,(H,12,13);2-5,12H,6-8H2,1H3;3-6,12H,2,7-8H2,1H3;1-4,11-12H,5-7H2;3H,2H2,1H3;2H2,1H3;/q;;;;;;;;;+1/p-1. The zero-order valence-electron chi connectivity index (χ0n) is 76.4. The Kier molecular flexibility index (Phi) is 35.5. The van der Waals surface area contributed by atoms with E-state index in [1.165, 1.54) is 110 Å². The van der Waals surface area contributed by atoms with E-state index < -0.39 is 11.4 Å². The van der Waals surface area contributed by atoms with Crippen LogP contribution in [-0.2, 0) is 64.8 Å². The number of nitrogens with one attached hydrogen (secondary N) is 1. The van der Waals surface area contributed by atoms with Crippen molar-refractivity contribution in [2.75, 3.05) is 74.7 Å². The number of methoxy groups -OCH3 is 4. The number of nitrogens with two attached hydrogens (primary N) is 1. The minimum atomic E-state index is -0.720. The number of phenols is 2. The quantitative estimate of drug-likeness (QED) is 0.0146. The van der Waals surface area contributed by atoms with E-state index in [9.17, 15) is 34.5 Å². The van der Waals surface area contributed by atoms with Crippen molar-refractivity contribution in [1.82, 2.24) is 20.3 Å². The molecule has 10 N–H and O–H groups in total. The van der Waals surface area contributed by atoms with E-state index in [1.54, 1.807) is 107 Å². The predicted octanol–water partition coefficient (Wildman–Crippen LogP) is 17.6. The first-order valence-electron chi connectivity index (χ1n) is 44.0. The van der Waals surface area contributed by atoms with Gasteiger partial charge in [0.1, 0.15) is 50.0 Å². The van der Waals surface area contributed by atoms with Crippen molar-refractivity contribution in [2.24, 2.45) is 5.73 Å². The molecular formula is C104H116N5NaO18S4. The third-order valence-electron chi connectivity index (χ3n) is 25.7. The molecule has 20 rings (SSSR count). The second kappa shape index (κ2) is 46.0. The molecule has 0 bridgehead atoms. The van der Waals surface area contributed by atoms with Gasteiger partial charge in [-0.25, -0.2) is 9.59 Å². The van der Waals surface area contributed by atoms with Gasteiger partial charge in [0.2, 0.25) is 0 Å². The van der Waals surface area contributed by atoms with Gasteiger partial charge < -0.3 is 92.6 Å². The average Bonchev–Trinajstić information content (AvgIpc) is 1.62. The zero-order chi connectivity index (χ0) is 93.7. The van der Waals surface area contributed by atoms with E-state index in [0.717, 1.165) is 140 Å². The minimum absolute atomic E-state index is 0. The Labute approximate surface area is 810 Å². The number of phenolic OH excluding ortho intramolecular Hbond substituents is 2. The summed E-state index contributed by atoms with van der Waals surface area (Å²) >= 11 is 8.46. The molecule has 13 aromatic rings. The van der Waals surface area contributed by atoms with Crippen molar-refractivity contribution in [3.63, 3.8) is 0 Å². The van der Waals surface area contributed by atoms with Crippen LogP contribution in [0.3, 0.4) is 0 Å². The number of aromatic nitrogens is 3. The van der Waals surface area contributed by atoms with Crippen LogP contribution >= 0.6 is 34.0 Å². The molecule has 7 fully saturated rings. The van der Waals surface area contributed by atoms with Crippen LogP contribution in [0.5, 0.6) is 57.5 Å².